The van der Waals surface area contributed by atoms with Crippen LogP contribution in [0.25, 0.3) is 0 Å². The van der Waals surface area contributed by atoms with Crippen LogP contribution in [-0.2, 0) is 17.5 Å². The molecule has 2 aliphatic rings. The molecule has 2 fully saturated rings. The summed E-state index contributed by atoms with van der Waals surface area (Å²) >= 11 is 0. The lowest BCUT2D eigenvalue weighted by atomic mass is 10.1. The van der Waals surface area contributed by atoms with E-state index in [0.717, 1.165) is 38.8 Å². The zero-order valence-electron chi connectivity index (χ0n) is 18.1. The second-order valence-corrected chi connectivity index (χ2v) is 8.45. The van der Waals surface area contributed by atoms with Crippen molar-refractivity contribution in [1.82, 2.24) is 14.7 Å². The first kappa shape index (κ1) is 22.6. The van der Waals surface area contributed by atoms with Crippen molar-refractivity contribution in [3.8, 4) is 0 Å². The molecular weight excluding hydrogens is 417 g/mol. The van der Waals surface area contributed by atoms with E-state index in [1.54, 1.807) is 6.07 Å². The van der Waals surface area contributed by atoms with E-state index in [9.17, 15) is 18.0 Å². The predicted molar refractivity (Wildman–Crippen MR) is 118 cm³/mol. The molecule has 0 spiro atoms. The monoisotopic (exact) mass is 446 g/mol. The van der Waals surface area contributed by atoms with Gasteiger partial charge >= 0.3 is 6.18 Å². The summed E-state index contributed by atoms with van der Waals surface area (Å²) in [6, 6.07) is 15.8. The highest BCUT2D eigenvalue weighted by Crippen LogP contribution is 2.31. The number of alkyl halides is 3. The molecule has 1 amide bonds. The summed E-state index contributed by atoms with van der Waals surface area (Å²) in [6.07, 6.45) is -4.34. The highest BCUT2D eigenvalue weighted by atomic mass is 19.4. The molecule has 0 bridgehead atoms. The molecule has 4 rings (SSSR count). The lowest BCUT2D eigenvalue weighted by Crippen LogP contribution is -2.53. The molecule has 0 aromatic heterocycles. The standard InChI is InChI=1S/C24H29F3N4O/c25-24(26,27)21-7-4-8-22(17-21)30-13-9-29(10-14-30)19-23(32)31-15-11-28(12-16-31)18-20-5-2-1-3-6-20/h1-8,17H,9-16,18-19H2. The van der Waals surface area contributed by atoms with E-state index >= 15 is 0 Å². The van der Waals surface area contributed by atoms with Gasteiger partial charge in [0.1, 0.15) is 0 Å². The van der Waals surface area contributed by atoms with Crippen LogP contribution >= 0.6 is 0 Å². The van der Waals surface area contributed by atoms with Gasteiger partial charge in [-0.2, -0.15) is 13.2 Å². The van der Waals surface area contributed by atoms with Gasteiger partial charge in [0.05, 0.1) is 12.1 Å². The molecule has 2 aliphatic heterocycles. The van der Waals surface area contributed by atoms with Crippen molar-refractivity contribution in [3.63, 3.8) is 0 Å². The summed E-state index contributed by atoms with van der Waals surface area (Å²) in [4.78, 5) is 21.1. The number of carbonyl (C=O) groups is 1. The Morgan fingerprint density at radius 3 is 2.09 bits per heavy atom. The van der Waals surface area contributed by atoms with Crippen molar-refractivity contribution < 1.29 is 18.0 Å². The van der Waals surface area contributed by atoms with Crippen molar-refractivity contribution in [2.45, 2.75) is 12.7 Å². The lowest BCUT2D eigenvalue weighted by Gasteiger charge is -2.38. The molecule has 0 aliphatic carbocycles. The first-order valence-electron chi connectivity index (χ1n) is 11.1. The average Bonchev–Trinajstić information content (AvgIpc) is 2.80. The second-order valence-electron chi connectivity index (χ2n) is 8.45. The third kappa shape index (κ3) is 5.81. The molecule has 172 valence electrons. The van der Waals surface area contributed by atoms with Crippen molar-refractivity contribution in [2.24, 2.45) is 0 Å². The van der Waals surface area contributed by atoms with E-state index in [4.69, 9.17) is 0 Å². The maximum absolute atomic E-state index is 13.0. The van der Waals surface area contributed by atoms with E-state index in [1.807, 2.05) is 28.0 Å². The topological polar surface area (TPSA) is 30.0 Å². The Kier molecular flexibility index (Phi) is 7.01. The molecule has 0 unspecified atom stereocenters. The number of amides is 1. The Bertz CT molecular complexity index is 890. The van der Waals surface area contributed by atoms with E-state index in [0.29, 0.717) is 38.4 Å². The highest BCUT2D eigenvalue weighted by Gasteiger charge is 2.31. The number of rotatable bonds is 5. The van der Waals surface area contributed by atoms with E-state index < -0.39 is 11.7 Å². The molecule has 8 heteroatoms. The fraction of sp³-hybridized carbons (Fsp3) is 0.458. The van der Waals surface area contributed by atoms with Gasteiger partial charge in [-0.3, -0.25) is 14.6 Å². The summed E-state index contributed by atoms with van der Waals surface area (Å²) in [5.74, 6) is 0.136. The fourth-order valence-electron chi connectivity index (χ4n) is 4.33. The predicted octanol–water partition coefficient (Wildman–Crippen LogP) is 3.17. The number of hydrogen-bond donors (Lipinski definition) is 0. The van der Waals surface area contributed by atoms with Crippen LogP contribution in [-0.4, -0.2) is 79.5 Å². The molecule has 5 nitrogen and oxygen atoms in total. The minimum Gasteiger partial charge on any atom is -0.369 e. The van der Waals surface area contributed by atoms with E-state index in [2.05, 4.69) is 21.9 Å². The molecule has 2 aromatic rings. The third-order valence-corrected chi connectivity index (χ3v) is 6.24. The molecule has 2 aromatic carbocycles. The summed E-state index contributed by atoms with van der Waals surface area (Å²) in [7, 11) is 0. The highest BCUT2D eigenvalue weighted by molar-refractivity contribution is 5.78. The summed E-state index contributed by atoms with van der Waals surface area (Å²) in [5.41, 5.74) is 1.24. The Hall–Kier alpha value is -2.58. The van der Waals surface area contributed by atoms with Crippen molar-refractivity contribution in [2.75, 3.05) is 63.8 Å². The fourth-order valence-corrected chi connectivity index (χ4v) is 4.33. The van der Waals surface area contributed by atoms with Gasteiger partial charge in [-0.25, -0.2) is 0 Å². The van der Waals surface area contributed by atoms with Crippen molar-refractivity contribution >= 4 is 11.6 Å². The van der Waals surface area contributed by atoms with Crippen molar-refractivity contribution in [1.29, 1.82) is 0 Å². The van der Waals surface area contributed by atoms with Crippen LogP contribution in [0, 0.1) is 0 Å². The normalized spacial score (nSPS) is 18.7. The first-order valence-corrected chi connectivity index (χ1v) is 11.1. The quantitative estimate of drug-likeness (QED) is 0.706. The number of piperazine rings is 2. The smallest absolute Gasteiger partial charge is 0.369 e. The first-order chi connectivity index (χ1) is 15.4. The van der Waals surface area contributed by atoms with Gasteiger partial charge in [-0.1, -0.05) is 36.4 Å². The number of nitrogens with zero attached hydrogens (tertiary/aromatic N) is 4. The maximum atomic E-state index is 13.0. The van der Waals surface area contributed by atoms with Gasteiger partial charge < -0.3 is 9.80 Å². The van der Waals surface area contributed by atoms with Crippen LogP contribution in [0.2, 0.25) is 0 Å². The van der Waals surface area contributed by atoms with Crippen LogP contribution in [0.5, 0.6) is 0 Å². The zero-order valence-corrected chi connectivity index (χ0v) is 18.1. The Morgan fingerprint density at radius 1 is 0.781 bits per heavy atom. The van der Waals surface area contributed by atoms with E-state index in [-0.39, 0.29) is 5.91 Å². The molecule has 2 saturated heterocycles. The summed E-state index contributed by atoms with van der Waals surface area (Å²) < 4.78 is 38.9. The molecule has 2 heterocycles. The minimum atomic E-state index is -4.34. The molecule has 0 radical (unpaired) electrons. The number of benzene rings is 2. The van der Waals surface area contributed by atoms with Gasteiger partial charge in [0.25, 0.3) is 0 Å². The van der Waals surface area contributed by atoms with Gasteiger partial charge in [-0.15, -0.1) is 0 Å². The van der Waals surface area contributed by atoms with Crippen LogP contribution < -0.4 is 4.90 Å². The maximum Gasteiger partial charge on any atom is 0.416 e. The molecule has 32 heavy (non-hydrogen) atoms. The SMILES string of the molecule is O=C(CN1CCN(c2cccc(C(F)(F)F)c2)CC1)N1CCN(Cc2ccccc2)CC1. The molecule has 0 saturated carbocycles. The minimum absolute atomic E-state index is 0.136. The van der Waals surface area contributed by atoms with Crippen LogP contribution in [0.3, 0.4) is 0 Å². The average molecular weight is 447 g/mol. The van der Waals surface area contributed by atoms with Crippen LogP contribution in [0.4, 0.5) is 18.9 Å². The number of carbonyl (C=O) groups excluding carboxylic acids is 1. The Balaban J connectivity index is 1.21. The Labute approximate surface area is 187 Å². The molecular formula is C24H29F3N4O. The van der Waals surface area contributed by atoms with Crippen molar-refractivity contribution in [3.05, 3.63) is 65.7 Å². The summed E-state index contributed by atoms with van der Waals surface area (Å²) in [5, 5.41) is 0. The van der Waals surface area contributed by atoms with E-state index in [1.165, 1.54) is 17.7 Å². The zero-order chi connectivity index (χ0) is 22.6. The Morgan fingerprint density at radius 2 is 1.44 bits per heavy atom. The van der Waals surface area contributed by atoms with Gasteiger partial charge in [0.15, 0.2) is 0 Å². The van der Waals surface area contributed by atoms with Crippen LogP contribution in [0.1, 0.15) is 11.1 Å². The van der Waals surface area contributed by atoms with Gasteiger partial charge in [0, 0.05) is 64.6 Å². The number of hydrogen-bond acceptors (Lipinski definition) is 4. The number of halogens is 3. The van der Waals surface area contributed by atoms with Gasteiger partial charge in [0.2, 0.25) is 5.91 Å². The molecule has 0 atom stereocenters. The molecule has 0 N–H and O–H groups in total. The third-order valence-electron chi connectivity index (χ3n) is 6.24. The largest absolute Gasteiger partial charge is 0.416 e. The number of anilines is 1. The van der Waals surface area contributed by atoms with Gasteiger partial charge in [-0.05, 0) is 23.8 Å². The summed E-state index contributed by atoms with van der Waals surface area (Å²) in [6.45, 7) is 7.01. The second kappa shape index (κ2) is 9.92. The lowest BCUT2D eigenvalue weighted by molar-refractivity contribution is -0.137. The van der Waals surface area contributed by atoms with Crippen LogP contribution in [0.15, 0.2) is 54.6 Å².